The van der Waals surface area contributed by atoms with Gasteiger partial charge in [-0.25, -0.2) is 0 Å². The molecule has 1 heterocycles. The highest BCUT2D eigenvalue weighted by atomic mass is 16.7. The number of amides is 1. The zero-order valence-electron chi connectivity index (χ0n) is 9.24. The molecule has 0 aromatic heterocycles. The zero-order valence-corrected chi connectivity index (χ0v) is 9.24. The summed E-state index contributed by atoms with van der Waals surface area (Å²) in [5, 5.41) is 30.9. The van der Waals surface area contributed by atoms with E-state index in [1.807, 2.05) is 0 Å². The fraction of sp³-hybridized carbons (Fsp3) is 0.700. The van der Waals surface area contributed by atoms with Crippen LogP contribution in [0, 0.1) is 12.3 Å². The first-order valence-electron chi connectivity index (χ1n) is 4.96. The second-order valence-corrected chi connectivity index (χ2v) is 3.55. The summed E-state index contributed by atoms with van der Waals surface area (Å²) in [4.78, 5) is 11.5. The Kier molecular flexibility index (Phi) is 4.86. The monoisotopic (exact) mass is 245 g/mol. The van der Waals surface area contributed by atoms with Crippen LogP contribution >= 0.6 is 0 Å². The van der Waals surface area contributed by atoms with Crippen LogP contribution < -0.4 is 5.32 Å². The van der Waals surface area contributed by atoms with Crippen LogP contribution in [0.4, 0.5) is 0 Å². The normalized spacial score (nSPS) is 37.2. The van der Waals surface area contributed by atoms with Crippen molar-refractivity contribution in [3.05, 3.63) is 0 Å². The summed E-state index contributed by atoms with van der Waals surface area (Å²) in [5.74, 6) is 1.51. The second kappa shape index (κ2) is 5.95. The van der Waals surface area contributed by atoms with Gasteiger partial charge in [0.25, 0.3) is 5.91 Å². The summed E-state index contributed by atoms with van der Waals surface area (Å²) in [6, 6.07) is 0. The molecule has 1 unspecified atom stereocenters. The first-order valence-corrected chi connectivity index (χ1v) is 4.96. The Bertz CT molecular complexity index is 312. The van der Waals surface area contributed by atoms with Gasteiger partial charge in [-0.3, -0.25) is 4.79 Å². The molecule has 96 valence electrons. The topological polar surface area (TPSA) is 108 Å². The third-order valence-electron chi connectivity index (χ3n) is 2.42. The van der Waals surface area contributed by atoms with E-state index in [4.69, 9.17) is 15.9 Å². The summed E-state index contributed by atoms with van der Waals surface area (Å²) in [6.45, 7) is -0.0261. The molecule has 17 heavy (non-hydrogen) atoms. The summed E-state index contributed by atoms with van der Waals surface area (Å²) in [6.07, 6.45) is -2.07. The lowest BCUT2D eigenvalue weighted by atomic mass is 9.98. The number of carbonyl (C=O) groups is 1. The molecule has 1 aliphatic rings. The van der Waals surface area contributed by atoms with E-state index in [9.17, 15) is 20.1 Å². The number of hydrogen-bond acceptors (Lipinski definition) is 6. The van der Waals surface area contributed by atoms with Crippen molar-refractivity contribution >= 4 is 5.91 Å². The summed E-state index contributed by atoms with van der Waals surface area (Å²) < 4.78 is 9.77. The number of aliphatic hydroxyl groups excluding tert-OH is 3. The molecule has 5 atom stereocenters. The number of ether oxygens (including phenoxy) is 2. The van der Waals surface area contributed by atoms with Crippen molar-refractivity contribution in [2.75, 3.05) is 13.7 Å². The van der Waals surface area contributed by atoms with Crippen molar-refractivity contribution in [3.63, 3.8) is 0 Å². The van der Waals surface area contributed by atoms with Crippen LogP contribution in [0.15, 0.2) is 0 Å². The molecule has 1 rings (SSSR count). The minimum Gasteiger partial charge on any atom is -0.387 e. The van der Waals surface area contributed by atoms with Crippen LogP contribution in [0.3, 0.4) is 0 Å². The average Bonchev–Trinajstić information content (AvgIpc) is 2.33. The van der Waals surface area contributed by atoms with Crippen LogP contribution in [0.5, 0.6) is 0 Å². The van der Waals surface area contributed by atoms with E-state index >= 15 is 0 Å². The second-order valence-electron chi connectivity index (χ2n) is 3.55. The third-order valence-corrected chi connectivity index (χ3v) is 2.42. The van der Waals surface area contributed by atoms with Crippen LogP contribution in [0.1, 0.15) is 0 Å². The molecule has 0 aliphatic carbocycles. The highest BCUT2D eigenvalue weighted by Gasteiger charge is 2.46. The molecule has 7 heteroatoms. The molecule has 0 radical (unpaired) electrons. The van der Waals surface area contributed by atoms with Crippen molar-refractivity contribution in [2.45, 2.75) is 30.7 Å². The minimum absolute atomic E-state index is 0.0261. The number of nitrogens with one attached hydrogen (secondary N) is 1. The number of carbonyl (C=O) groups excluding carboxylic acids is 1. The third kappa shape index (κ3) is 2.94. The fourth-order valence-corrected chi connectivity index (χ4v) is 1.50. The number of aliphatic hydroxyl groups is 3. The Morgan fingerprint density at radius 1 is 1.41 bits per heavy atom. The van der Waals surface area contributed by atoms with Gasteiger partial charge in [0.15, 0.2) is 12.4 Å². The number of rotatable bonds is 3. The zero-order chi connectivity index (χ0) is 13.0. The molecule has 4 N–H and O–H groups in total. The average molecular weight is 245 g/mol. The van der Waals surface area contributed by atoms with Gasteiger partial charge < -0.3 is 30.1 Å². The Balaban J connectivity index is 2.72. The van der Waals surface area contributed by atoms with Gasteiger partial charge in [-0.05, 0) is 0 Å². The van der Waals surface area contributed by atoms with Gasteiger partial charge in [-0.1, -0.05) is 5.92 Å². The molecule has 0 bridgehead atoms. The highest BCUT2D eigenvalue weighted by Crippen LogP contribution is 2.21. The molecule has 1 saturated heterocycles. The Morgan fingerprint density at radius 3 is 2.59 bits per heavy atom. The molecule has 7 nitrogen and oxygen atoms in total. The number of terminal acetylenes is 1. The van der Waals surface area contributed by atoms with Gasteiger partial charge in [0.2, 0.25) is 0 Å². The van der Waals surface area contributed by atoms with E-state index in [1.54, 1.807) is 0 Å². The van der Waals surface area contributed by atoms with Gasteiger partial charge in [0.05, 0.1) is 6.54 Å². The maximum Gasteiger partial charge on any atom is 0.252 e. The standard InChI is InChI=1S/C10H15NO6/c1-3-4-11-9(15)8-6(13)5(12)7(14)10(16-2)17-8/h1,5-8,10,12-14H,4H2,2H3,(H,11,15)/t5-,6-,7+,8?,10+/m0/s1. The Hall–Kier alpha value is -1.17. The lowest BCUT2D eigenvalue weighted by Crippen LogP contribution is -2.61. The van der Waals surface area contributed by atoms with Crippen molar-refractivity contribution in [2.24, 2.45) is 0 Å². The van der Waals surface area contributed by atoms with Crippen molar-refractivity contribution in [1.29, 1.82) is 0 Å². The molecule has 0 aromatic rings. The lowest BCUT2D eigenvalue weighted by Gasteiger charge is -2.38. The van der Waals surface area contributed by atoms with E-state index in [2.05, 4.69) is 11.2 Å². The van der Waals surface area contributed by atoms with Gasteiger partial charge in [-0.2, -0.15) is 0 Å². The first kappa shape index (κ1) is 13.9. The van der Waals surface area contributed by atoms with E-state index < -0.39 is 36.6 Å². The summed E-state index contributed by atoms with van der Waals surface area (Å²) in [5.41, 5.74) is 0. The van der Waals surface area contributed by atoms with E-state index in [1.165, 1.54) is 7.11 Å². The van der Waals surface area contributed by atoms with Crippen molar-refractivity contribution in [1.82, 2.24) is 5.32 Å². The Labute approximate surface area is 98.3 Å². The number of hydrogen-bond donors (Lipinski definition) is 4. The fourth-order valence-electron chi connectivity index (χ4n) is 1.50. The first-order chi connectivity index (χ1) is 8.02. The van der Waals surface area contributed by atoms with Crippen molar-refractivity contribution < 1.29 is 29.6 Å². The van der Waals surface area contributed by atoms with E-state index in [0.29, 0.717) is 0 Å². The van der Waals surface area contributed by atoms with Crippen molar-refractivity contribution in [3.8, 4) is 12.3 Å². The van der Waals surface area contributed by atoms with E-state index in [0.717, 1.165) is 0 Å². The molecule has 1 aliphatic heterocycles. The quantitative estimate of drug-likeness (QED) is 0.400. The van der Waals surface area contributed by atoms with Crippen LogP contribution in [-0.2, 0) is 14.3 Å². The van der Waals surface area contributed by atoms with Crippen LogP contribution in [0.2, 0.25) is 0 Å². The molecular weight excluding hydrogens is 230 g/mol. The summed E-state index contributed by atoms with van der Waals surface area (Å²) >= 11 is 0. The molecule has 0 aromatic carbocycles. The largest absolute Gasteiger partial charge is 0.387 e. The predicted octanol–water partition coefficient (Wildman–Crippen LogP) is -2.81. The SMILES string of the molecule is C#CCNC(=O)C1O[C@@H](OC)[C@H](O)[C@@H](O)[C@@H]1O. The summed E-state index contributed by atoms with van der Waals surface area (Å²) in [7, 11) is 1.24. The van der Waals surface area contributed by atoms with Crippen LogP contribution in [-0.4, -0.2) is 65.6 Å². The smallest absolute Gasteiger partial charge is 0.252 e. The molecule has 0 spiro atoms. The maximum absolute atomic E-state index is 11.5. The maximum atomic E-state index is 11.5. The highest BCUT2D eigenvalue weighted by molar-refractivity contribution is 5.81. The van der Waals surface area contributed by atoms with E-state index in [-0.39, 0.29) is 6.54 Å². The molecule has 1 amide bonds. The Morgan fingerprint density at radius 2 is 2.06 bits per heavy atom. The molecule has 1 fully saturated rings. The van der Waals surface area contributed by atoms with Gasteiger partial charge in [-0.15, -0.1) is 6.42 Å². The van der Waals surface area contributed by atoms with Gasteiger partial charge >= 0.3 is 0 Å². The minimum atomic E-state index is -1.55. The number of methoxy groups -OCH3 is 1. The van der Waals surface area contributed by atoms with Crippen LogP contribution in [0.25, 0.3) is 0 Å². The predicted molar refractivity (Wildman–Crippen MR) is 55.5 cm³/mol. The van der Waals surface area contributed by atoms with Gasteiger partial charge in [0, 0.05) is 7.11 Å². The van der Waals surface area contributed by atoms with Gasteiger partial charge in [0.1, 0.15) is 18.3 Å². The molecular formula is C10H15NO6. The lowest BCUT2D eigenvalue weighted by molar-refractivity contribution is -0.283. The molecule has 0 saturated carbocycles.